The minimum absolute atomic E-state index is 0. The fraction of sp³-hybridized carbons (Fsp3) is 0.876. The third-order valence-electron chi connectivity index (χ3n) is 37.2. The van der Waals surface area contributed by atoms with Gasteiger partial charge in [0.05, 0.1) is 27.4 Å². The van der Waals surface area contributed by atoms with Crippen molar-refractivity contribution in [2.45, 2.75) is 384 Å². The molecule has 0 amide bonds. The molecule has 0 bridgehead atoms. The van der Waals surface area contributed by atoms with Crippen molar-refractivity contribution in [3.05, 3.63) is 60.7 Å². The third kappa shape index (κ3) is 22.6. The van der Waals surface area contributed by atoms with Crippen molar-refractivity contribution in [1.29, 1.82) is 0 Å². The van der Waals surface area contributed by atoms with Crippen LogP contribution in [-0.4, -0.2) is 167 Å². The van der Waals surface area contributed by atoms with Crippen molar-refractivity contribution < 1.29 is 134 Å². The van der Waals surface area contributed by atoms with Crippen molar-refractivity contribution in [2.24, 2.45) is 139 Å². The van der Waals surface area contributed by atoms with Crippen LogP contribution in [-0.2, 0) is 24.4 Å². The van der Waals surface area contributed by atoms with Gasteiger partial charge in [0.25, 0.3) is 0 Å². The van der Waals surface area contributed by atoms with Gasteiger partial charge in [0, 0.05) is 7.11 Å². The van der Waals surface area contributed by atoms with Crippen molar-refractivity contribution in [1.82, 2.24) is 0 Å². The molecular formula is C97H152F18MgO11S2. The Balaban J connectivity index is 0.000000326. The summed E-state index contributed by atoms with van der Waals surface area (Å²) in [7, 11) is -6.45. The molecule has 11 nitrogen and oxygen atoms in total. The van der Waals surface area contributed by atoms with Gasteiger partial charge >= 0.3 is 60.1 Å². The van der Waals surface area contributed by atoms with Gasteiger partial charge in [-0.2, -0.15) is 79.0 Å². The van der Waals surface area contributed by atoms with Gasteiger partial charge in [-0.3, -0.25) is 0 Å². The summed E-state index contributed by atoms with van der Waals surface area (Å²) >= 11 is 0. The van der Waals surface area contributed by atoms with E-state index in [0.29, 0.717) is 115 Å². The molecule has 31 atom stereocenters. The summed E-state index contributed by atoms with van der Waals surface area (Å²) in [5.41, 5.74) is -8.16. The molecule has 1 unspecified atom stereocenters. The minimum atomic E-state index is -4.93. The second-order valence-electron chi connectivity index (χ2n) is 43.1. The number of hydrogen-bond donors (Lipinski definition) is 6. The van der Waals surface area contributed by atoms with Crippen LogP contribution < -0.4 is 0 Å². The first-order valence-electron chi connectivity index (χ1n) is 46.2. The van der Waals surface area contributed by atoms with Crippen LogP contribution in [0.5, 0.6) is 0 Å². The maximum Gasteiger partial charge on any atom is 2.00 e. The molecular weight excluding hydrogens is 1770 g/mol. The molecule has 2 aromatic carbocycles. The number of ether oxygens (including phenoxy) is 1. The summed E-state index contributed by atoms with van der Waals surface area (Å²) in [6.07, 6.45) is -16.6. The zero-order chi connectivity index (χ0) is 92.9. The summed E-state index contributed by atoms with van der Waals surface area (Å²) in [4.78, 5) is 0.339. The number of sulfone groups is 2. The molecule has 1 saturated heterocycles. The number of aliphatic hydroxyl groups excluding tert-OH is 3. The number of fused-ring (bicyclic) bond motifs is 15. The molecule has 15 rings (SSSR count). The molecule has 1 heterocycles. The van der Waals surface area contributed by atoms with Gasteiger partial charge in [-0.15, -0.1) is 0 Å². The smallest absolute Gasteiger partial charge is 1.00 e. The molecule has 6 N–H and O–H groups in total. The molecule has 32 heteroatoms. The van der Waals surface area contributed by atoms with Crippen LogP contribution in [0.25, 0.3) is 0 Å². The Hall–Kier alpha value is -2.43. The van der Waals surface area contributed by atoms with Crippen molar-refractivity contribution in [3.8, 4) is 0 Å². The summed E-state index contributed by atoms with van der Waals surface area (Å²) in [5.74, 6) is 4.94. The van der Waals surface area contributed by atoms with Crippen LogP contribution in [0.2, 0.25) is 0 Å². The average molecular weight is 1920 g/mol. The number of epoxide rings is 1. The van der Waals surface area contributed by atoms with Crippen LogP contribution in [0, 0.1) is 139 Å². The number of hydrogen-bond acceptors (Lipinski definition) is 11. The van der Waals surface area contributed by atoms with Crippen LogP contribution in [0.1, 0.15) is 299 Å². The molecule has 13 aliphatic rings. The Morgan fingerprint density at radius 3 is 1.01 bits per heavy atom. The first-order chi connectivity index (χ1) is 57.6. The van der Waals surface area contributed by atoms with Gasteiger partial charge in [0.15, 0.2) is 48.7 Å². The third-order valence-corrected chi connectivity index (χ3v) is 41.2. The summed E-state index contributed by atoms with van der Waals surface area (Å²) in [6.45, 7) is 19.7. The maximum absolute atomic E-state index is 13.7. The number of benzene rings is 2. The summed E-state index contributed by atoms with van der Waals surface area (Å²) < 4.78 is 291. The quantitative estimate of drug-likeness (QED) is 0.0500. The number of halogens is 18. The van der Waals surface area contributed by atoms with Crippen molar-refractivity contribution in [2.75, 3.05) is 19.5 Å². The Bertz CT molecular complexity index is 4160. The molecule has 0 radical (unpaired) electrons. The van der Waals surface area contributed by atoms with E-state index in [1.54, 1.807) is 30.3 Å². The Morgan fingerprint density at radius 2 is 0.705 bits per heavy atom. The van der Waals surface area contributed by atoms with E-state index in [1.807, 2.05) is 13.0 Å². The van der Waals surface area contributed by atoms with Gasteiger partial charge in [0.1, 0.15) is 6.10 Å². The van der Waals surface area contributed by atoms with E-state index in [-0.39, 0.29) is 191 Å². The monoisotopic (exact) mass is 1920 g/mol. The predicted octanol–water partition coefficient (Wildman–Crippen LogP) is 25.5. The van der Waals surface area contributed by atoms with E-state index in [0.717, 1.165) is 116 Å². The topological polar surface area (TPSA) is 202 Å². The molecule has 12 saturated carbocycles. The van der Waals surface area contributed by atoms with Crippen molar-refractivity contribution >= 4 is 42.7 Å². The zero-order valence-electron chi connectivity index (χ0n) is 76.8. The van der Waals surface area contributed by atoms with E-state index in [1.165, 1.54) is 24.3 Å². The SMILES string of the molecule is C.C.C.CO.C[C@H](CC(C[C@H](O)C(F)(F)F)S(=O)(=O)c1ccccc1)[C@H]1CC[C@H]2[C@@H]3CC[C@H]4C[C@](O)(C(F)(F)F)CC[C@]4(C)[C@H]3CC[C@]12C.C[C@H](CCC[C@H](O)C(F)(F)F)[C@H]1CC[C@H]2[C@@H]3CC[C@H]4C[C@](O)(C(F)(F)F)CC[C@]4(C)[C@H]3CC[C@]12C.C[C@H](CCS(=O)(=O)c1ccccc1)[C@H]1CC[C@H]2[C@@H]3CC[C@H]4C[C@](O)(C(F)(F)F)CC[C@]4(C)[C@H]3CC[C@]12C.FC(F)(F)[C@@H]1CO1.[H-].[H-].[Mg+2]. The largest absolute Gasteiger partial charge is 2.00 e. The van der Waals surface area contributed by atoms with E-state index in [2.05, 4.69) is 60.1 Å². The Kier molecular flexibility index (Phi) is 36.2. The molecule has 129 heavy (non-hydrogen) atoms. The molecule has 0 spiro atoms. The molecule has 13 fully saturated rings. The fourth-order valence-corrected chi connectivity index (χ4v) is 33.5. The second-order valence-corrected chi connectivity index (χ2v) is 47.4. The minimum Gasteiger partial charge on any atom is -1.00 e. The molecule has 746 valence electrons. The first-order valence-corrected chi connectivity index (χ1v) is 49.3. The molecule has 12 aliphatic carbocycles. The number of aliphatic hydroxyl groups is 6. The van der Waals surface area contributed by atoms with Crippen LogP contribution in [0.4, 0.5) is 79.0 Å². The van der Waals surface area contributed by atoms with Crippen LogP contribution >= 0.6 is 0 Å². The predicted molar refractivity (Wildman–Crippen MR) is 466 cm³/mol. The first kappa shape index (κ1) is 114. The van der Waals surface area contributed by atoms with Gasteiger partial charge < -0.3 is 38.2 Å². The van der Waals surface area contributed by atoms with E-state index < -0.39 is 104 Å². The zero-order valence-corrected chi connectivity index (χ0v) is 77.8. The van der Waals surface area contributed by atoms with Crippen molar-refractivity contribution in [3.63, 3.8) is 0 Å². The number of rotatable bonds is 17. The fourth-order valence-electron chi connectivity index (χ4n) is 30.1. The average Bonchev–Trinajstić information content (AvgIpc) is 1.65. The second kappa shape index (κ2) is 41.2. The molecule has 1 aliphatic heterocycles. The standard InChI is InChI=1S/C33H46F6O4S.C30H43F3O3S.C27H42F6O2.C3H3F3O.CH4O.3CH4.Mg.2H/c1-20(17-23(18-28(40)32(34,35)36)44(42,43)22-7-5-4-6-8-22)25-11-12-26-24-10-9-21-19-31(41,33(37,38)39)16-15-29(21,2)27(24)13-14-30(25,26)3;1-20(14-18-37(35,36)22-7-5-4-6-8-22)24-11-12-25-23-10-9-21-19-29(34,30(31,32)33)17-16-27(21,2)26(23)13-15-28(24,25)3;1-16(5-4-6-22(34)26(28,29)30)19-9-10-20-18-8-7-17-15-25(35,27(31,32)33)14-13-23(17,2)21(18)11-12-24(19,20)3;4-3(5,6)2-1-7-2;1-2;;;;;;/h4-8,20-21,23-28,40-41H,9-19H2,1-3H3;4-8,20-21,23-26,34H,9-19H2,1-3H3;16-22,34-35H,4-15H2,1-3H3;2H,1H2;2H,1H3;3*1H4;;;/q;;;;;;;;+2;2*-1/t20-,21+,23?,24+,25-,26+,27+,28+,29+,30-,31+;20-,21+,23+,24-,25+,26+,27+,28-,29+;16-,17+,18+,19-,20+,21+,22+,23+,24-,25+;2-;;;;;;;/m1110......./s1. The Morgan fingerprint density at radius 1 is 0.395 bits per heavy atom. The van der Waals surface area contributed by atoms with Gasteiger partial charge in [-0.25, -0.2) is 16.8 Å². The summed E-state index contributed by atoms with van der Waals surface area (Å²) in [5, 5.41) is 56.2. The van der Waals surface area contributed by atoms with E-state index in [4.69, 9.17) is 5.11 Å². The van der Waals surface area contributed by atoms with Gasteiger partial charge in [-0.05, 0) is 362 Å². The summed E-state index contributed by atoms with van der Waals surface area (Å²) in [6, 6.07) is 16.1. The molecule has 2 aromatic rings. The maximum atomic E-state index is 13.7. The Labute approximate surface area is 775 Å². The number of alkyl halides is 18. The molecule has 0 aromatic heterocycles. The van der Waals surface area contributed by atoms with E-state index >= 15 is 0 Å². The van der Waals surface area contributed by atoms with Crippen LogP contribution in [0.3, 0.4) is 0 Å². The van der Waals surface area contributed by atoms with Gasteiger partial charge in [0.2, 0.25) is 0 Å². The normalized spacial score (nSPS) is 40.1. The van der Waals surface area contributed by atoms with Crippen LogP contribution in [0.15, 0.2) is 70.5 Å². The van der Waals surface area contributed by atoms with Gasteiger partial charge in [-0.1, -0.05) is 134 Å². The van der Waals surface area contributed by atoms with E-state index in [9.17, 15) is 121 Å².